The molecule has 0 bridgehead atoms. The smallest absolute Gasteiger partial charge is 0.410 e. The molecule has 1 aromatic carbocycles. The van der Waals surface area contributed by atoms with Crippen molar-refractivity contribution in [2.75, 3.05) is 18.8 Å². The number of piperidine rings is 1. The standard InChI is InChI=1S/C19H29NO4S/c1-15-5-7-17(8-6-15)25(22,23)14-11-16-9-12-20(13-10-16)18(21)24-19(2,3)4/h5-8,16H,9-14H2,1-4H3. The van der Waals surface area contributed by atoms with Gasteiger partial charge in [0.1, 0.15) is 5.60 Å². The molecule has 0 N–H and O–H groups in total. The van der Waals surface area contributed by atoms with E-state index >= 15 is 0 Å². The van der Waals surface area contributed by atoms with Crippen molar-refractivity contribution in [2.24, 2.45) is 5.92 Å². The van der Waals surface area contributed by atoms with Crippen LogP contribution in [0.2, 0.25) is 0 Å². The van der Waals surface area contributed by atoms with E-state index in [0.29, 0.717) is 30.3 Å². The summed E-state index contributed by atoms with van der Waals surface area (Å²) in [6.07, 6.45) is 2.00. The zero-order valence-electron chi connectivity index (χ0n) is 15.6. The highest BCUT2D eigenvalue weighted by Gasteiger charge is 2.27. The van der Waals surface area contributed by atoms with Gasteiger partial charge in [0.05, 0.1) is 10.6 Å². The number of hydrogen-bond acceptors (Lipinski definition) is 4. The lowest BCUT2D eigenvalue weighted by Crippen LogP contribution is -2.41. The minimum atomic E-state index is -3.24. The average Bonchev–Trinajstić information content (AvgIpc) is 2.52. The molecule has 0 aromatic heterocycles. The maximum absolute atomic E-state index is 12.4. The fourth-order valence-electron chi connectivity index (χ4n) is 2.92. The van der Waals surface area contributed by atoms with Gasteiger partial charge < -0.3 is 9.64 Å². The van der Waals surface area contributed by atoms with E-state index in [-0.39, 0.29) is 11.8 Å². The van der Waals surface area contributed by atoms with Gasteiger partial charge in [-0.1, -0.05) is 17.7 Å². The van der Waals surface area contributed by atoms with Gasteiger partial charge in [0.15, 0.2) is 9.84 Å². The molecular weight excluding hydrogens is 338 g/mol. The molecular formula is C19H29NO4S. The van der Waals surface area contributed by atoms with Crippen molar-refractivity contribution in [3.8, 4) is 0 Å². The monoisotopic (exact) mass is 367 g/mol. The quantitative estimate of drug-likeness (QED) is 0.812. The van der Waals surface area contributed by atoms with E-state index in [1.54, 1.807) is 17.0 Å². The van der Waals surface area contributed by atoms with Crippen LogP contribution < -0.4 is 0 Å². The Morgan fingerprint density at radius 1 is 1.16 bits per heavy atom. The zero-order valence-corrected chi connectivity index (χ0v) is 16.4. The molecule has 0 spiro atoms. The van der Waals surface area contributed by atoms with Gasteiger partial charge in [-0.25, -0.2) is 13.2 Å². The molecule has 25 heavy (non-hydrogen) atoms. The highest BCUT2D eigenvalue weighted by Crippen LogP contribution is 2.24. The second-order valence-corrected chi connectivity index (χ2v) is 9.94. The first-order chi connectivity index (χ1) is 11.6. The molecule has 6 heteroatoms. The van der Waals surface area contributed by atoms with Gasteiger partial charge in [0, 0.05) is 13.1 Å². The van der Waals surface area contributed by atoms with Gasteiger partial charge in [-0.15, -0.1) is 0 Å². The highest BCUT2D eigenvalue weighted by molar-refractivity contribution is 7.91. The number of benzene rings is 1. The molecule has 1 aromatic rings. The van der Waals surface area contributed by atoms with E-state index < -0.39 is 15.4 Å². The van der Waals surface area contributed by atoms with Gasteiger partial charge >= 0.3 is 6.09 Å². The number of rotatable bonds is 4. The third kappa shape index (κ3) is 6.03. The van der Waals surface area contributed by atoms with Crippen molar-refractivity contribution in [3.63, 3.8) is 0 Å². The average molecular weight is 368 g/mol. The molecule has 1 aliphatic heterocycles. The maximum atomic E-state index is 12.4. The van der Waals surface area contributed by atoms with Crippen molar-refractivity contribution >= 4 is 15.9 Å². The molecule has 0 unspecified atom stereocenters. The summed E-state index contributed by atoms with van der Waals surface area (Å²) in [5.74, 6) is 0.492. The van der Waals surface area contributed by atoms with E-state index in [0.717, 1.165) is 18.4 Å². The summed E-state index contributed by atoms with van der Waals surface area (Å²) in [6, 6.07) is 7.00. The Bertz CT molecular complexity index is 681. The number of sulfone groups is 1. The minimum Gasteiger partial charge on any atom is -0.444 e. The van der Waals surface area contributed by atoms with Crippen molar-refractivity contribution < 1.29 is 17.9 Å². The minimum absolute atomic E-state index is 0.160. The van der Waals surface area contributed by atoms with Gasteiger partial charge in [-0.05, 0) is 65.0 Å². The number of hydrogen-bond donors (Lipinski definition) is 0. The molecule has 0 saturated carbocycles. The number of aryl methyl sites for hydroxylation is 1. The van der Waals surface area contributed by atoms with E-state index in [2.05, 4.69) is 0 Å². The summed E-state index contributed by atoms with van der Waals surface area (Å²) < 4.78 is 30.2. The predicted molar refractivity (Wildman–Crippen MR) is 98.4 cm³/mol. The van der Waals surface area contributed by atoms with Crippen LogP contribution >= 0.6 is 0 Å². The van der Waals surface area contributed by atoms with Crippen LogP contribution in [0.1, 0.15) is 45.6 Å². The number of carbonyl (C=O) groups is 1. The lowest BCUT2D eigenvalue weighted by molar-refractivity contribution is 0.0183. The van der Waals surface area contributed by atoms with Gasteiger partial charge in [0.25, 0.3) is 0 Å². The topological polar surface area (TPSA) is 63.7 Å². The lowest BCUT2D eigenvalue weighted by atomic mass is 9.95. The number of nitrogens with zero attached hydrogens (tertiary/aromatic N) is 1. The van der Waals surface area contributed by atoms with Gasteiger partial charge in [-0.2, -0.15) is 0 Å². The molecule has 140 valence electrons. The van der Waals surface area contributed by atoms with Crippen molar-refractivity contribution in [1.82, 2.24) is 4.90 Å². The fraction of sp³-hybridized carbons (Fsp3) is 0.632. The van der Waals surface area contributed by atoms with Crippen LogP contribution in [0.15, 0.2) is 29.2 Å². The van der Waals surface area contributed by atoms with Crippen LogP contribution in [-0.4, -0.2) is 43.9 Å². The number of carbonyl (C=O) groups excluding carboxylic acids is 1. The van der Waals surface area contributed by atoms with Crippen LogP contribution in [0.25, 0.3) is 0 Å². The Balaban J connectivity index is 1.82. The molecule has 0 atom stereocenters. The summed E-state index contributed by atoms with van der Waals surface area (Å²) in [5, 5.41) is 0. The maximum Gasteiger partial charge on any atom is 0.410 e. The molecule has 1 aliphatic rings. The Kier molecular flexibility index (Phi) is 6.14. The highest BCUT2D eigenvalue weighted by atomic mass is 32.2. The van der Waals surface area contributed by atoms with Crippen molar-refractivity contribution in [2.45, 2.75) is 57.5 Å². The number of likely N-dealkylation sites (tertiary alicyclic amines) is 1. The molecule has 1 heterocycles. The first-order valence-corrected chi connectivity index (χ1v) is 10.5. The Morgan fingerprint density at radius 3 is 2.24 bits per heavy atom. The second-order valence-electron chi connectivity index (χ2n) is 7.83. The first kappa shape index (κ1) is 19.8. The molecule has 1 amide bonds. The largest absolute Gasteiger partial charge is 0.444 e. The van der Waals surface area contributed by atoms with Crippen LogP contribution in [0.3, 0.4) is 0 Å². The Labute approximate surface area is 151 Å². The summed E-state index contributed by atoms with van der Waals surface area (Å²) in [7, 11) is -3.24. The van der Waals surface area contributed by atoms with Crippen molar-refractivity contribution in [3.05, 3.63) is 29.8 Å². The van der Waals surface area contributed by atoms with Gasteiger partial charge in [-0.3, -0.25) is 0 Å². The van der Waals surface area contributed by atoms with Crippen LogP contribution in [0.4, 0.5) is 4.79 Å². The Hall–Kier alpha value is -1.56. The van der Waals surface area contributed by atoms with E-state index in [4.69, 9.17) is 4.74 Å². The van der Waals surface area contributed by atoms with E-state index in [1.165, 1.54) is 0 Å². The lowest BCUT2D eigenvalue weighted by Gasteiger charge is -2.33. The second kappa shape index (κ2) is 7.77. The van der Waals surface area contributed by atoms with E-state index in [9.17, 15) is 13.2 Å². The summed E-state index contributed by atoms with van der Waals surface area (Å²) >= 11 is 0. The Morgan fingerprint density at radius 2 is 1.72 bits per heavy atom. The molecule has 5 nitrogen and oxygen atoms in total. The van der Waals surface area contributed by atoms with Crippen LogP contribution in [0, 0.1) is 12.8 Å². The van der Waals surface area contributed by atoms with Gasteiger partial charge in [0.2, 0.25) is 0 Å². The third-order valence-corrected chi connectivity index (χ3v) is 6.20. The fourth-order valence-corrected chi connectivity index (χ4v) is 4.35. The summed E-state index contributed by atoms with van der Waals surface area (Å²) in [5.41, 5.74) is 0.559. The zero-order chi connectivity index (χ0) is 18.7. The SMILES string of the molecule is Cc1ccc(S(=O)(=O)CCC2CCN(C(=O)OC(C)(C)C)CC2)cc1. The summed E-state index contributed by atoms with van der Waals surface area (Å²) in [4.78, 5) is 14.2. The normalized spacial score (nSPS) is 16.7. The van der Waals surface area contributed by atoms with Crippen molar-refractivity contribution in [1.29, 1.82) is 0 Å². The first-order valence-electron chi connectivity index (χ1n) is 8.84. The summed E-state index contributed by atoms with van der Waals surface area (Å²) in [6.45, 7) is 8.76. The molecule has 1 saturated heterocycles. The third-order valence-electron chi connectivity index (χ3n) is 4.44. The number of ether oxygens (including phenoxy) is 1. The molecule has 0 radical (unpaired) electrons. The predicted octanol–water partition coefficient (Wildman–Crippen LogP) is 3.81. The number of amides is 1. The van der Waals surface area contributed by atoms with E-state index in [1.807, 2.05) is 39.8 Å². The molecule has 1 fully saturated rings. The van der Waals surface area contributed by atoms with Crippen LogP contribution in [-0.2, 0) is 14.6 Å². The molecule has 0 aliphatic carbocycles. The molecule has 2 rings (SSSR count). The van der Waals surface area contributed by atoms with Crippen LogP contribution in [0.5, 0.6) is 0 Å².